The molecule has 0 heterocycles. The maximum Gasteiger partial charge on any atom is 0.264 e. The number of rotatable bonds is 14. The molecular weight excluding hydrogens is 661 g/mol. The van der Waals surface area contributed by atoms with Gasteiger partial charge in [-0.05, 0) is 61.4 Å². The lowest BCUT2D eigenvalue weighted by Crippen LogP contribution is -2.53. The Kier molecular flexibility index (Phi) is 12.1. The molecule has 4 aromatic rings. The minimum Gasteiger partial charge on any atom is -0.493 e. The fraction of sp³-hybridized carbons (Fsp3) is 0.257. The molecule has 47 heavy (non-hydrogen) atoms. The summed E-state index contributed by atoms with van der Waals surface area (Å²) in [5.74, 6) is -0.449. The monoisotopic (exact) mass is 697 g/mol. The fourth-order valence-electron chi connectivity index (χ4n) is 5.02. The Morgan fingerprint density at radius 1 is 0.872 bits per heavy atom. The number of methoxy groups -OCH3 is 2. The molecule has 1 atom stereocenters. The Morgan fingerprint density at radius 3 is 2.17 bits per heavy atom. The highest BCUT2D eigenvalue weighted by atomic mass is 35.5. The van der Waals surface area contributed by atoms with E-state index in [1.165, 1.54) is 37.3 Å². The van der Waals surface area contributed by atoms with Crippen LogP contribution in [0.2, 0.25) is 10.0 Å². The standard InChI is InChI=1S/C35H37Cl2N3O6S/c1-5-38-35(42)31(19-25-9-7-6-8-10-25)39(22-26-13-14-27(36)20-30(26)37)34(41)23-40(28-15-11-24(2)12-16-28)47(43,44)29-17-18-32(45-3)33(21-29)46-4/h6-18,20-21,31H,5,19,22-23H2,1-4H3,(H,38,42)/t31-/m0/s1. The van der Waals surface area contributed by atoms with Gasteiger partial charge in [0.25, 0.3) is 10.0 Å². The van der Waals surface area contributed by atoms with Gasteiger partial charge in [-0.25, -0.2) is 8.42 Å². The maximum absolute atomic E-state index is 14.5. The molecular formula is C35H37Cl2N3O6S. The Balaban J connectivity index is 1.83. The van der Waals surface area contributed by atoms with Crippen molar-refractivity contribution in [2.45, 2.75) is 37.8 Å². The molecule has 0 saturated heterocycles. The van der Waals surface area contributed by atoms with E-state index in [0.29, 0.717) is 27.9 Å². The van der Waals surface area contributed by atoms with Crippen molar-refractivity contribution in [2.24, 2.45) is 0 Å². The Morgan fingerprint density at radius 2 is 1.55 bits per heavy atom. The van der Waals surface area contributed by atoms with Crippen molar-refractivity contribution in [2.75, 3.05) is 31.6 Å². The van der Waals surface area contributed by atoms with Gasteiger partial charge >= 0.3 is 0 Å². The van der Waals surface area contributed by atoms with Crippen molar-refractivity contribution in [3.05, 3.63) is 118 Å². The van der Waals surface area contributed by atoms with Crippen molar-refractivity contribution in [1.29, 1.82) is 0 Å². The summed E-state index contributed by atoms with van der Waals surface area (Å²) in [5, 5.41) is 3.55. The zero-order valence-electron chi connectivity index (χ0n) is 26.6. The highest BCUT2D eigenvalue weighted by Gasteiger charge is 2.35. The molecule has 2 amide bonds. The summed E-state index contributed by atoms with van der Waals surface area (Å²) < 4.78 is 40.4. The average molecular weight is 699 g/mol. The zero-order chi connectivity index (χ0) is 34.1. The molecule has 0 radical (unpaired) electrons. The van der Waals surface area contributed by atoms with Gasteiger partial charge in [0.05, 0.1) is 24.8 Å². The summed E-state index contributed by atoms with van der Waals surface area (Å²) >= 11 is 12.7. The lowest BCUT2D eigenvalue weighted by atomic mass is 10.0. The number of hydrogen-bond acceptors (Lipinski definition) is 6. The first-order chi connectivity index (χ1) is 22.5. The van der Waals surface area contributed by atoms with Crippen molar-refractivity contribution >= 4 is 50.7 Å². The van der Waals surface area contributed by atoms with Gasteiger partial charge in [0, 0.05) is 35.6 Å². The first-order valence-electron chi connectivity index (χ1n) is 14.8. The number of halogens is 2. The average Bonchev–Trinajstić information content (AvgIpc) is 3.06. The smallest absolute Gasteiger partial charge is 0.264 e. The van der Waals surface area contributed by atoms with Crippen molar-refractivity contribution < 1.29 is 27.5 Å². The SMILES string of the molecule is CCNC(=O)[C@H](Cc1ccccc1)N(Cc1ccc(Cl)cc1Cl)C(=O)CN(c1ccc(C)cc1)S(=O)(=O)c1ccc(OC)c(OC)c1. The van der Waals surface area contributed by atoms with Crippen LogP contribution in [0.4, 0.5) is 5.69 Å². The van der Waals surface area contributed by atoms with Crippen LogP contribution in [0.15, 0.2) is 95.9 Å². The van der Waals surface area contributed by atoms with E-state index in [1.807, 2.05) is 37.3 Å². The second-order valence-corrected chi connectivity index (χ2v) is 13.4. The number of carbonyl (C=O) groups is 2. The zero-order valence-corrected chi connectivity index (χ0v) is 28.9. The summed E-state index contributed by atoms with van der Waals surface area (Å²) in [7, 11) is -1.49. The Hall–Kier alpha value is -4.25. The van der Waals surface area contributed by atoms with E-state index in [0.717, 1.165) is 15.4 Å². The third-order valence-electron chi connectivity index (χ3n) is 7.52. The minimum atomic E-state index is -4.35. The predicted molar refractivity (Wildman–Crippen MR) is 185 cm³/mol. The van der Waals surface area contributed by atoms with Gasteiger partial charge < -0.3 is 19.7 Å². The molecule has 9 nitrogen and oxygen atoms in total. The second kappa shape index (κ2) is 16.0. The van der Waals surface area contributed by atoms with Crippen LogP contribution < -0.4 is 19.1 Å². The molecule has 0 aromatic heterocycles. The van der Waals surface area contributed by atoms with Crippen LogP contribution in [0, 0.1) is 6.92 Å². The molecule has 0 aliphatic heterocycles. The minimum absolute atomic E-state index is 0.0817. The molecule has 248 valence electrons. The van der Waals surface area contributed by atoms with E-state index in [2.05, 4.69) is 5.32 Å². The third-order valence-corrected chi connectivity index (χ3v) is 9.88. The van der Waals surface area contributed by atoms with E-state index in [-0.39, 0.29) is 35.2 Å². The first kappa shape index (κ1) is 35.6. The number of anilines is 1. The highest BCUT2D eigenvalue weighted by molar-refractivity contribution is 7.92. The molecule has 0 saturated carbocycles. The number of hydrogen-bond donors (Lipinski definition) is 1. The van der Waals surface area contributed by atoms with Crippen molar-refractivity contribution in [3.8, 4) is 11.5 Å². The van der Waals surface area contributed by atoms with E-state index in [9.17, 15) is 18.0 Å². The molecule has 0 spiro atoms. The Labute approximate surface area is 286 Å². The third kappa shape index (κ3) is 8.77. The summed E-state index contributed by atoms with van der Waals surface area (Å²) in [6.07, 6.45) is 0.177. The molecule has 0 aliphatic carbocycles. The lowest BCUT2D eigenvalue weighted by molar-refractivity contribution is -0.140. The molecule has 12 heteroatoms. The number of nitrogens with zero attached hydrogens (tertiary/aromatic N) is 2. The number of ether oxygens (including phenoxy) is 2. The van der Waals surface area contributed by atoms with Crippen LogP contribution in [0.1, 0.15) is 23.6 Å². The van der Waals surface area contributed by atoms with Crippen LogP contribution in [0.5, 0.6) is 11.5 Å². The molecule has 0 bridgehead atoms. The van der Waals surface area contributed by atoms with Crippen molar-refractivity contribution in [3.63, 3.8) is 0 Å². The number of benzene rings is 4. The highest BCUT2D eigenvalue weighted by Crippen LogP contribution is 2.33. The molecule has 0 aliphatic rings. The predicted octanol–water partition coefficient (Wildman–Crippen LogP) is 6.29. The summed E-state index contributed by atoms with van der Waals surface area (Å²) in [6, 6.07) is 24.2. The molecule has 4 aromatic carbocycles. The van der Waals surface area contributed by atoms with Gasteiger partial charge in [-0.15, -0.1) is 0 Å². The summed E-state index contributed by atoms with van der Waals surface area (Å²) in [6.45, 7) is 3.29. The molecule has 0 fully saturated rings. The van der Waals surface area contributed by atoms with Crippen LogP contribution >= 0.6 is 23.2 Å². The quantitative estimate of drug-likeness (QED) is 0.166. The van der Waals surface area contributed by atoms with Gasteiger partial charge in [0.1, 0.15) is 12.6 Å². The lowest BCUT2D eigenvalue weighted by Gasteiger charge is -2.34. The van der Waals surface area contributed by atoms with E-state index in [4.69, 9.17) is 32.7 Å². The van der Waals surface area contributed by atoms with Crippen LogP contribution in [-0.4, -0.2) is 58.5 Å². The van der Waals surface area contributed by atoms with Crippen molar-refractivity contribution in [1.82, 2.24) is 10.2 Å². The van der Waals surface area contributed by atoms with Gasteiger partial charge in [-0.1, -0.05) is 77.3 Å². The first-order valence-corrected chi connectivity index (χ1v) is 17.0. The normalized spacial score (nSPS) is 11.8. The molecule has 0 unspecified atom stereocenters. The number of likely N-dealkylation sites (N-methyl/N-ethyl adjacent to an activating group) is 1. The van der Waals surface area contributed by atoms with E-state index < -0.39 is 28.5 Å². The van der Waals surface area contributed by atoms with E-state index in [1.54, 1.807) is 49.4 Å². The van der Waals surface area contributed by atoms with Crippen LogP contribution in [0.3, 0.4) is 0 Å². The largest absolute Gasteiger partial charge is 0.493 e. The van der Waals surface area contributed by atoms with Gasteiger partial charge in [0.15, 0.2) is 11.5 Å². The molecule has 1 N–H and O–H groups in total. The van der Waals surface area contributed by atoms with Gasteiger partial charge in [0.2, 0.25) is 11.8 Å². The number of carbonyl (C=O) groups excluding carboxylic acids is 2. The van der Waals surface area contributed by atoms with Crippen LogP contribution in [-0.2, 0) is 32.6 Å². The molecule has 4 rings (SSSR count). The van der Waals surface area contributed by atoms with Gasteiger partial charge in [-0.3, -0.25) is 13.9 Å². The number of aryl methyl sites for hydroxylation is 1. The summed E-state index contributed by atoms with van der Waals surface area (Å²) in [5.41, 5.74) is 2.52. The van der Waals surface area contributed by atoms with Crippen LogP contribution in [0.25, 0.3) is 0 Å². The number of amides is 2. The van der Waals surface area contributed by atoms with Gasteiger partial charge in [-0.2, -0.15) is 0 Å². The number of sulfonamides is 1. The number of nitrogens with one attached hydrogen (secondary N) is 1. The second-order valence-electron chi connectivity index (χ2n) is 10.7. The topological polar surface area (TPSA) is 105 Å². The fourth-order valence-corrected chi connectivity index (χ4v) is 6.92. The Bertz CT molecular complexity index is 1800. The maximum atomic E-state index is 14.5. The summed E-state index contributed by atoms with van der Waals surface area (Å²) in [4.78, 5) is 29.5. The van der Waals surface area contributed by atoms with E-state index >= 15 is 0 Å².